The molecule has 0 aromatic heterocycles. The average molecular weight is 312 g/mol. The van der Waals surface area contributed by atoms with Crippen LogP contribution in [0, 0.1) is 6.92 Å². The summed E-state index contributed by atoms with van der Waals surface area (Å²) in [4.78, 5) is 0.342. The number of hydrogen-bond donors (Lipinski definition) is 1. The second-order valence-corrected chi connectivity index (χ2v) is 8.30. The minimum absolute atomic E-state index is 0.00314. The number of benzene rings is 1. The van der Waals surface area contributed by atoms with E-state index in [4.69, 9.17) is 0 Å². The molecule has 1 aromatic carbocycles. The van der Waals surface area contributed by atoms with Crippen LogP contribution in [-0.4, -0.2) is 24.9 Å². The minimum atomic E-state index is -3.31. The zero-order valence-corrected chi connectivity index (χ0v) is 14.2. The van der Waals surface area contributed by atoms with Crippen LogP contribution in [0.5, 0.6) is 0 Å². The summed E-state index contributed by atoms with van der Waals surface area (Å²) in [7, 11) is -3.31. The Balaban J connectivity index is 2.54. The predicted molar refractivity (Wildman–Crippen MR) is 87.2 cm³/mol. The Hall–Kier alpha value is -0.870. The van der Waals surface area contributed by atoms with Gasteiger partial charge in [0.05, 0.1) is 16.2 Å². The molecule has 1 aromatic rings. The van der Waals surface area contributed by atoms with E-state index in [0.717, 1.165) is 31.2 Å². The second kappa shape index (κ2) is 7.95. The lowest BCUT2D eigenvalue weighted by Gasteiger charge is -2.23. The van der Waals surface area contributed by atoms with Crippen molar-refractivity contribution in [3.05, 3.63) is 29.8 Å². The SMILES string of the molecule is CCCCCCC(C)(O)CCS(=O)(=O)c1ccc(C)cc1. The van der Waals surface area contributed by atoms with Crippen LogP contribution in [0.4, 0.5) is 0 Å². The number of rotatable bonds is 9. The highest BCUT2D eigenvalue weighted by atomic mass is 32.2. The maximum absolute atomic E-state index is 12.3. The smallest absolute Gasteiger partial charge is 0.178 e. The van der Waals surface area contributed by atoms with E-state index in [1.54, 1.807) is 31.2 Å². The van der Waals surface area contributed by atoms with Gasteiger partial charge in [-0.1, -0.05) is 50.3 Å². The van der Waals surface area contributed by atoms with Gasteiger partial charge in [-0.25, -0.2) is 8.42 Å². The van der Waals surface area contributed by atoms with Crippen molar-refractivity contribution >= 4 is 9.84 Å². The van der Waals surface area contributed by atoms with Crippen molar-refractivity contribution in [1.29, 1.82) is 0 Å². The van der Waals surface area contributed by atoms with Gasteiger partial charge in [-0.2, -0.15) is 0 Å². The molecule has 0 amide bonds. The lowest BCUT2D eigenvalue weighted by Crippen LogP contribution is -2.27. The van der Waals surface area contributed by atoms with Crippen molar-refractivity contribution in [2.24, 2.45) is 0 Å². The molecule has 120 valence electrons. The Morgan fingerprint density at radius 1 is 1.05 bits per heavy atom. The van der Waals surface area contributed by atoms with Crippen molar-refractivity contribution in [3.8, 4) is 0 Å². The summed E-state index contributed by atoms with van der Waals surface area (Å²) in [6.45, 7) is 5.81. The zero-order valence-electron chi connectivity index (χ0n) is 13.4. The summed E-state index contributed by atoms with van der Waals surface area (Å²) < 4.78 is 24.5. The third kappa shape index (κ3) is 6.62. The van der Waals surface area contributed by atoms with E-state index >= 15 is 0 Å². The molecule has 0 bridgehead atoms. The van der Waals surface area contributed by atoms with Crippen LogP contribution in [0.2, 0.25) is 0 Å². The molecule has 0 saturated heterocycles. The molecule has 3 nitrogen and oxygen atoms in total. The summed E-state index contributed by atoms with van der Waals surface area (Å²) in [5, 5.41) is 10.3. The fraction of sp³-hybridized carbons (Fsp3) is 0.647. The molecule has 1 N–H and O–H groups in total. The van der Waals surface area contributed by atoms with Gasteiger partial charge in [0, 0.05) is 0 Å². The highest BCUT2D eigenvalue weighted by Crippen LogP contribution is 2.22. The van der Waals surface area contributed by atoms with E-state index in [1.807, 2.05) is 6.92 Å². The topological polar surface area (TPSA) is 54.4 Å². The third-order valence-electron chi connectivity index (χ3n) is 3.86. The van der Waals surface area contributed by atoms with E-state index in [0.29, 0.717) is 11.3 Å². The van der Waals surface area contributed by atoms with Gasteiger partial charge in [-0.3, -0.25) is 0 Å². The van der Waals surface area contributed by atoms with E-state index in [2.05, 4.69) is 6.92 Å². The summed E-state index contributed by atoms with van der Waals surface area (Å²) >= 11 is 0. The number of unbranched alkanes of at least 4 members (excludes halogenated alkanes) is 3. The molecule has 0 spiro atoms. The Bertz CT molecular complexity index is 515. The first-order valence-corrected chi connectivity index (χ1v) is 9.44. The van der Waals surface area contributed by atoms with Crippen LogP contribution in [-0.2, 0) is 9.84 Å². The zero-order chi connectivity index (χ0) is 15.9. The van der Waals surface area contributed by atoms with Crippen LogP contribution in [0.25, 0.3) is 0 Å². The monoisotopic (exact) mass is 312 g/mol. The van der Waals surface area contributed by atoms with Gasteiger partial charge in [0.25, 0.3) is 0 Å². The van der Waals surface area contributed by atoms with E-state index in [-0.39, 0.29) is 12.2 Å². The first-order valence-electron chi connectivity index (χ1n) is 7.79. The molecule has 0 aliphatic rings. The maximum atomic E-state index is 12.3. The highest BCUT2D eigenvalue weighted by molar-refractivity contribution is 7.91. The Labute approximate surface area is 129 Å². The molecule has 0 saturated carbocycles. The lowest BCUT2D eigenvalue weighted by atomic mass is 9.95. The van der Waals surface area contributed by atoms with Crippen LogP contribution in [0.15, 0.2) is 29.2 Å². The van der Waals surface area contributed by atoms with Crippen molar-refractivity contribution in [3.63, 3.8) is 0 Å². The lowest BCUT2D eigenvalue weighted by molar-refractivity contribution is 0.0450. The molecule has 0 radical (unpaired) electrons. The molecule has 1 unspecified atom stereocenters. The first-order chi connectivity index (χ1) is 9.77. The number of sulfone groups is 1. The van der Waals surface area contributed by atoms with Crippen LogP contribution < -0.4 is 0 Å². The first kappa shape index (κ1) is 18.2. The molecule has 0 heterocycles. The van der Waals surface area contributed by atoms with Crippen LogP contribution in [0.1, 0.15) is 57.9 Å². The predicted octanol–water partition coefficient (Wildman–Crippen LogP) is 3.88. The molecular weight excluding hydrogens is 284 g/mol. The van der Waals surface area contributed by atoms with Gasteiger partial charge in [0.15, 0.2) is 9.84 Å². The number of aliphatic hydroxyl groups is 1. The number of aryl methyl sites for hydroxylation is 1. The van der Waals surface area contributed by atoms with Crippen LogP contribution in [0.3, 0.4) is 0 Å². The second-order valence-electron chi connectivity index (χ2n) is 6.19. The molecule has 0 aliphatic carbocycles. The summed E-state index contributed by atoms with van der Waals surface area (Å²) in [6.07, 6.45) is 5.32. The number of hydrogen-bond acceptors (Lipinski definition) is 3. The Morgan fingerprint density at radius 2 is 1.67 bits per heavy atom. The van der Waals surface area contributed by atoms with Crippen molar-refractivity contribution < 1.29 is 13.5 Å². The van der Waals surface area contributed by atoms with Crippen LogP contribution >= 0.6 is 0 Å². The standard InChI is InChI=1S/C17H28O3S/c1-4-5-6-7-12-17(3,18)13-14-21(19,20)16-10-8-15(2)9-11-16/h8-11,18H,4-7,12-14H2,1-3H3. The van der Waals surface area contributed by atoms with E-state index in [1.165, 1.54) is 0 Å². The van der Waals surface area contributed by atoms with Crippen molar-refractivity contribution in [2.75, 3.05) is 5.75 Å². The Morgan fingerprint density at radius 3 is 2.24 bits per heavy atom. The van der Waals surface area contributed by atoms with Gasteiger partial charge >= 0.3 is 0 Å². The molecule has 1 atom stereocenters. The van der Waals surface area contributed by atoms with Gasteiger partial charge in [0.2, 0.25) is 0 Å². The van der Waals surface area contributed by atoms with Gasteiger partial charge < -0.3 is 5.11 Å². The van der Waals surface area contributed by atoms with E-state index < -0.39 is 15.4 Å². The molecule has 21 heavy (non-hydrogen) atoms. The summed E-state index contributed by atoms with van der Waals surface area (Å²) in [5.41, 5.74) is 0.141. The van der Waals surface area contributed by atoms with Crippen molar-refractivity contribution in [1.82, 2.24) is 0 Å². The molecular formula is C17H28O3S. The van der Waals surface area contributed by atoms with Gasteiger partial charge in [0.1, 0.15) is 0 Å². The molecule has 0 fully saturated rings. The highest BCUT2D eigenvalue weighted by Gasteiger charge is 2.24. The molecule has 0 aliphatic heterocycles. The summed E-state index contributed by atoms with van der Waals surface area (Å²) in [6, 6.07) is 6.88. The third-order valence-corrected chi connectivity index (χ3v) is 5.59. The molecule has 4 heteroatoms. The average Bonchev–Trinajstić information content (AvgIpc) is 2.42. The summed E-state index contributed by atoms with van der Waals surface area (Å²) in [5.74, 6) is -0.00314. The quantitative estimate of drug-likeness (QED) is 0.704. The minimum Gasteiger partial charge on any atom is -0.390 e. The largest absolute Gasteiger partial charge is 0.390 e. The van der Waals surface area contributed by atoms with Gasteiger partial charge in [-0.15, -0.1) is 0 Å². The molecule has 1 rings (SSSR count). The Kier molecular flexibility index (Phi) is 6.88. The van der Waals surface area contributed by atoms with E-state index in [9.17, 15) is 13.5 Å². The normalized spacial score (nSPS) is 14.9. The van der Waals surface area contributed by atoms with Crippen molar-refractivity contribution in [2.45, 2.75) is 69.8 Å². The fourth-order valence-corrected chi connectivity index (χ4v) is 3.77. The fourth-order valence-electron chi connectivity index (χ4n) is 2.28. The van der Waals surface area contributed by atoms with Gasteiger partial charge in [-0.05, 0) is 38.8 Å². The maximum Gasteiger partial charge on any atom is 0.178 e.